The van der Waals surface area contributed by atoms with Gasteiger partial charge in [0.2, 0.25) is 0 Å². The molecule has 0 aliphatic heterocycles. The second kappa shape index (κ2) is 8.53. The maximum atomic E-state index is 11.4. The van der Waals surface area contributed by atoms with Gasteiger partial charge in [-0.15, -0.1) is 0 Å². The van der Waals surface area contributed by atoms with E-state index in [0.29, 0.717) is 5.56 Å². The van der Waals surface area contributed by atoms with E-state index in [0.717, 1.165) is 36.6 Å². The molecule has 0 unspecified atom stereocenters. The molecule has 0 aliphatic rings. The van der Waals surface area contributed by atoms with Crippen LogP contribution in [0.1, 0.15) is 35.7 Å². The molecule has 1 aromatic rings. The molecule has 0 heterocycles. The summed E-state index contributed by atoms with van der Waals surface area (Å²) >= 11 is 5.33. The largest absolute Gasteiger partial charge is 0.363 e. The molecule has 5 heteroatoms. The fourth-order valence-corrected chi connectivity index (χ4v) is 1.93. The number of nitrogens with one attached hydrogen (secondary N) is 2. The van der Waals surface area contributed by atoms with E-state index >= 15 is 0 Å². The monoisotopic (exact) mass is 293 g/mol. The normalized spacial score (nSPS) is 9.95. The summed E-state index contributed by atoms with van der Waals surface area (Å²) in [5, 5.41) is 6.60. The molecule has 1 amide bonds. The Balaban J connectivity index is 2.51. The van der Waals surface area contributed by atoms with Gasteiger partial charge in [0.25, 0.3) is 5.91 Å². The first-order valence-corrected chi connectivity index (χ1v) is 7.29. The van der Waals surface area contributed by atoms with Crippen molar-refractivity contribution in [3.05, 3.63) is 35.4 Å². The lowest BCUT2D eigenvalue weighted by molar-refractivity contribution is 0.0963. The van der Waals surface area contributed by atoms with E-state index in [1.54, 1.807) is 7.05 Å². The second-order valence-electron chi connectivity index (χ2n) is 4.72. The minimum atomic E-state index is -0.0679. The van der Waals surface area contributed by atoms with Gasteiger partial charge in [-0.25, -0.2) is 0 Å². The van der Waals surface area contributed by atoms with Crippen molar-refractivity contribution in [1.82, 2.24) is 15.5 Å². The minimum Gasteiger partial charge on any atom is -0.363 e. The van der Waals surface area contributed by atoms with Crippen molar-refractivity contribution in [2.24, 2.45) is 0 Å². The number of carbonyl (C=O) groups excluding carboxylic acids is 1. The summed E-state index contributed by atoms with van der Waals surface area (Å²) in [5.41, 5.74) is 1.79. The predicted molar refractivity (Wildman–Crippen MR) is 86.8 cm³/mol. The van der Waals surface area contributed by atoms with Gasteiger partial charge in [0.1, 0.15) is 0 Å². The molecule has 0 saturated heterocycles. The van der Waals surface area contributed by atoms with Gasteiger partial charge in [0.05, 0.1) is 0 Å². The van der Waals surface area contributed by atoms with Crippen molar-refractivity contribution in [2.45, 2.75) is 26.3 Å². The molecule has 20 heavy (non-hydrogen) atoms. The van der Waals surface area contributed by atoms with E-state index in [9.17, 15) is 4.79 Å². The lowest BCUT2D eigenvalue weighted by Crippen LogP contribution is -2.37. The van der Waals surface area contributed by atoms with Gasteiger partial charge < -0.3 is 15.5 Å². The fraction of sp³-hybridized carbons (Fsp3) is 0.467. The van der Waals surface area contributed by atoms with Crippen LogP contribution in [0.4, 0.5) is 0 Å². The van der Waals surface area contributed by atoms with Gasteiger partial charge in [-0.2, -0.15) is 0 Å². The summed E-state index contributed by atoms with van der Waals surface area (Å²) in [6, 6.07) is 7.57. The Morgan fingerprint density at radius 2 is 1.95 bits per heavy atom. The molecular formula is C15H23N3OS. The van der Waals surface area contributed by atoms with Crippen LogP contribution in [0.3, 0.4) is 0 Å². The molecule has 0 aliphatic carbocycles. The number of nitrogens with zero attached hydrogens (tertiary/aromatic N) is 1. The average molecular weight is 293 g/mol. The number of benzene rings is 1. The Labute approximate surface area is 126 Å². The topological polar surface area (TPSA) is 44.4 Å². The van der Waals surface area contributed by atoms with Crippen molar-refractivity contribution < 1.29 is 4.79 Å². The van der Waals surface area contributed by atoms with Crippen LogP contribution in [-0.4, -0.2) is 36.6 Å². The number of rotatable bonds is 6. The summed E-state index contributed by atoms with van der Waals surface area (Å²) in [6.07, 6.45) is 2.27. The molecule has 0 fully saturated rings. The minimum absolute atomic E-state index is 0.0679. The van der Waals surface area contributed by atoms with Crippen molar-refractivity contribution in [3.8, 4) is 0 Å². The third-order valence-corrected chi connectivity index (χ3v) is 3.47. The van der Waals surface area contributed by atoms with E-state index in [1.165, 1.54) is 0 Å². The molecule has 0 aromatic heterocycles. The van der Waals surface area contributed by atoms with Crippen LogP contribution < -0.4 is 10.6 Å². The highest BCUT2D eigenvalue weighted by molar-refractivity contribution is 7.80. The lowest BCUT2D eigenvalue weighted by atomic mass is 10.1. The average Bonchev–Trinajstić information content (AvgIpc) is 2.47. The highest BCUT2D eigenvalue weighted by atomic mass is 32.1. The first kappa shape index (κ1) is 16.4. The van der Waals surface area contributed by atoms with Crippen LogP contribution in [0.25, 0.3) is 0 Å². The maximum Gasteiger partial charge on any atom is 0.251 e. The quantitative estimate of drug-likeness (QED) is 0.623. The molecule has 0 bridgehead atoms. The first-order chi connectivity index (χ1) is 9.58. The van der Waals surface area contributed by atoms with Crippen molar-refractivity contribution in [2.75, 3.05) is 20.6 Å². The van der Waals surface area contributed by atoms with Crippen LogP contribution in [-0.2, 0) is 6.54 Å². The van der Waals surface area contributed by atoms with Gasteiger partial charge in [-0.1, -0.05) is 25.5 Å². The predicted octanol–water partition coefficient (Wildman–Crippen LogP) is 2.15. The van der Waals surface area contributed by atoms with Crippen LogP contribution in [0, 0.1) is 0 Å². The molecular weight excluding hydrogens is 270 g/mol. The van der Waals surface area contributed by atoms with E-state index < -0.39 is 0 Å². The molecule has 110 valence electrons. The number of amides is 1. The number of hydrogen-bond donors (Lipinski definition) is 2. The van der Waals surface area contributed by atoms with Crippen LogP contribution in [0.15, 0.2) is 24.3 Å². The van der Waals surface area contributed by atoms with Gasteiger partial charge in [0, 0.05) is 32.7 Å². The van der Waals surface area contributed by atoms with E-state index in [2.05, 4.69) is 17.6 Å². The summed E-state index contributed by atoms with van der Waals surface area (Å²) in [4.78, 5) is 13.4. The van der Waals surface area contributed by atoms with Crippen molar-refractivity contribution >= 4 is 23.2 Å². The summed E-state index contributed by atoms with van der Waals surface area (Å²) in [6.45, 7) is 3.80. The molecule has 0 saturated carbocycles. The highest BCUT2D eigenvalue weighted by Gasteiger charge is 2.06. The third kappa shape index (κ3) is 5.17. The number of unbranched alkanes of at least 4 members (excludes halogenated alkanes) is 1. The first-order valence-electron chi connectivity index (χ1n) is 6.88. The molecule has 1 rings (SSSR count). The number of carbonyl (C=O) groups is 1. The Hall–Kier alpha value is -1.62. The third-order valence-electron chi connectivity index (χ3n) is 3.02. The zero-order valence-corrected chi connectivity index (χ0v) is 13.2. The molecule has 1 aromatic carbocycles. The van der Waals surface area contributed by atoms with Crippen LogP contribution >= 0.6 is 12.2 Å². The molecule has 0 radical (unpaired) electrons. The smallest absolute Gasteiger partial charge is 0.251 e. The van der Waals surface area contributed by atoms with Gasteiger partial charge in [0.15, 0.2) is 5.11 Å². The Morgan fingerprint density at radius 1 is 1.30 bits per heavy atom. The fourth-order valence-electron chi connectivity index (χ4n) is 1.76. The second-order valence-corrected chi connectivity index (χ2v) is 5.10. The summed E-state index contributed by atoms with van der Waals surface area (Å²) in [5.74, 6) is -0.0679. The molecule has 4 nitrogen and oxygen atoms in total. The van der Waals surface area contributed by atoms with E-state index in [-0.39, 0.29) is 5.91 Å². The summed E-state index contributed by atoms with van der Waals surface area (Å²) in [7, 11) is 3.60. The molecule has 2 N–H and O–H groups in total. The van der Waals surface area contributed by atoms with Crippen LogP contribution in [0.2, 0.25) is 0 Å². The van der Waals surface area contributed by atoms with E-state index in [4.69, 9.17) is 12.2 Å². The zero-order chi connectivity index (χ0) is 15.0. The van der Waals surface area contributed by atoms with Crippen LogP contribution in [0.5, 0.6) is 0 Å². The van der Waals surface area contributed by atoms with Gasteiger partial charge in [-0.05, 0) is 36.3 Å². The Morgan fingerprint density at radius 3 is 2.50 bits per heavy atom. The zero-order valence-electron chi connectivity index (χ0n) is 12.4. The van der Waals surface area contributed by atoms with Gasteiger partial charge >= 0.3 is 0 Å². The lowest BCUT2D eigenvalue weighted by Gasteiger charge is -2.21. The molecule has 0 atom stereocenters. The highest BCUT2D eigenvalue weighted by Crippen LogP contribution is 2.07. The maximum absolute atomic E-state index is 11.4. The number of thiocarbonyl (C=S) groups is 1. The number of hydrogen-bond acceptors (Lipinski definition) is 2. The van der Waals surface area contributed by atoms with E-state index in [1.807, 2.05) is 36.2 Å². The standard InChI is InChI=1S/C15H23N3OS/c1-4-5-10-17-15(20)18(3)11-12-6-8-13(9-7-12)14(19)16-2/h6-9H,4-5,10-11H2,1-3H3,(H,16,19)(H,17,20). The Bertz CT molecular complexity index is 445. The van der Waals surface area contributed by atoms with Crippen molar-refractivity contribution in [3.63, 3.8) is 0 Å². The Kier molecular flexibility index (Phi) is 7.01. The SMILES string of the molecule is CCCCNC(=S)N(C)Cc1ccc(C(=O)NC)cc1. The molecule has 0 spiro atoms. The van der Waals surface area contributed by atoms with Gasteiger partial charge in [-0.3, -0.25) is 4.79 Å². The summed E-state index contributed by atoms with van der Waals surface area (Å²) < 4.78 is 0. The van der Waals surface area contributed by atoms with Crippen molar-refractivity contribution in [1.29, 1.82) is 0 Å².